The van der Waals surface area contributed by atoms with E-state index in [0.29, 0.717) is 11.1 Å². The largest absolute Gasteiger partial charge is 0.361 e. The van der Waals surface area contributed by atoms with Gasteiger partial charge in [-0.1, -0.05) is 13.8 Å². The van der Waals surface area contributed by atoms with Gasteiger partial charge in [-0.05, 0) is 26.7 Å². The maximum absolute atomic E-state index is 9.28. The first-order valence-electron chi connectivity index (χ1n) is 5.57. The molecule has 0 aromatic rings. The molecule has 0 spiro atoms. The minimum absolute atomic E-state index is 0.386. The maximum Gasteiger partial charge on any atom is 0.0975 e. The van der Waals surface area contributed by atoms with Crippen molar-refractivity contribution in [2.75, 3.05) is 0 Å². The molecule has 16 heavy (non-hydrogen) atoms. The molecular formula is C13H17N3. The molecule has 0 fully saturated rings. The Kier molecular flexibility index (Phi) is 3.40. The lowest BCUT2D eigenvalue weighted by Gasteiger charge is -2.37. The molecule has 3 heteroatoms. The van der Waals surface area contributed by atoms with E-state index in [9.17, 15) is 10.5 Å². The summed E-state index contributed by atoms with van der Waals surface area (Å²) in [6.45, 7) is 7.86. The van der Waals surface area contributed by atoms with Gasteiger partial charge in [0, 0.05) is 16.8 Å². The zero-order valence-corrected chi connectivity index (χ0v) is 10.3. The predicted molar refractivity (Wildman–Crippen MR) is 62.8 cm³/mol. The number of dihydropyridines is 1. The lowest BCUT2D eigenvalue weighted by atomic mass is 9.67. The highest BCUT2D eigenvalue weighted by Crippen LogP contribution is 2.46. The molecule has 84 valence electrons. The molecule has 0 atom stereocenters. The third kappa shape index (κ3) is 1.49. The molecule has 0 amide bonds. The number of hydrogen-bond acceptors (Lipinski definition) is 3. The molecule has 3 nitrogen and oxygen atoms in total. The van der Waals surface area contributed by atoms with Gasteiger partial charge in [0.2, 0.25) is 0 Å². The molecule has 0 saturated heterocycles. The van der Waals surface area contributed by atoms with Gasteiger partial charge in [0.05, 0.1) is 23.3 Å². The van der Waals surface area contributed by atoms with Crippen LogP contribution in [0.1, 0.15) is 40.5 Å². The smallest absolute Gasteiger partial charge is 0.0975 e. The first-order valence-corrected chi connectivity index (χ1v) is 5.57. The van der Waals surface area contributed by atoms with Crippen LogP contribution in [0.4, 0.5) is 0 Å². The van der Waals surface area contributed by atoms with Gasteiger partial charge in [0.25, 0.3) is 0 Å². The molecule has 0 unspecified atom stereocenters. The Labute approximate surface area is 97.1 Å². The van der Waals surface area contributed by atoms with Crippen molar-refractivity contribution in [3.63, 3.8) is 0 Å². The minimum atomic E-state index is -0.386. The summed E-state index contributed by atoms with van der Waals surface area (Å²) >= 11 is 0. The van der Waals surface area contributed by atoms with E-state index in [-0.39, 0.29) is 5.41 Å². The van der Waals surface area contributed by atoms with Gasteiger partial charge in [-0.2, -0.15) is 10.5 Å². The molecule has 1 aliphatic rings. The van der Waals surface area contributed by atoms with Crippen molar-refractivity contribution in [3.8, 4) is 12.1 Å². The van der Waals surface area contributed by atoms with Crippen molar-refractivity contribution in [3.05, 3.63) is 22.5 Å². The van der Waals surface area contributed by atoms with Crippen molar-refractivity contribution in [2.24, 2.45) is 5.41 Å². The summed E-state index contributed by atoms with van der Waals surface area (Å²) in [5, 5.41) is 21.7. The first kappa shape index (κ1) is 12.3. The molecule has 0 aromatic carbocycles. The van der Waals surface area contributed by atoms with E-state index in [0.717, 1.165) is 24.2 Å². The quantitative estimate of drug-likeness (QED) is 0.770. The van der Waals surface area contributed by atoms with Crippen LogP contribution in [0.25, 0.3) is 0 Å². The minimum Gasteiger partial charge on any atom is -0.361 e. The molecule has 1 aliphatic heterocycles. The monoisotopic (exact) mass is 215 g/mol. The highest BCUT2D eigenvalue weighted by atomic mass is 14.9. The molecule has 0 aromatic heterocycles. The van der Waals surface area contributed by atoms with Crippen molar-refractivity contribution in [1.82, 2.24) is 5.32 Å². The number of nitriles is 2. The second kappa shape index (κ2) is 4.41. The molecule has 1 N–H and O–H groups in total. The Morgan fingerprint density at radius 1 is 1.00 bits per heavy atom. The van der Waals surface area contributed by atoms with Crippen molar-refractivity contribution < 1.29 is 0 Å². The summed E-state index contributed by atoms with van der Waals surface area (Å²) < 4.78 is 0. The average Bonchev–Trinajstić information content (AvgIpc) is 2.27. The maximum atomic E-state index is 9.28. The summed E-state index contributed by atoms with van der Waals surface area (Å²) in [7, 11) is 0. The topological polar surface area (TPSA) is 59.6 Å². The van der Waals surface area contributed by atoms with E-state index < -0.39 is 0 Å². The first-order chi connectivity index (χ1) is 7.57. The van der Waals surface area contributed by atoms with E-state index in [1.807, 2.05) is 27.7 Å². The molecule has 0 aliphatic carbocycles. The number of rotatable bonds is 2. The fraction of sp³-hybridized carbons (Fsp3) is 0.538. The number of nitrogens with zero attached hydrogens (tertiary/aromatic N) is 2. The molecule has 0 bridgehead atoms. The van der Waals surface area contributed by atoms with Gasteiger partial charge in [0.15, 0.2) is 0 Å². The normalized spacial score (nSPS) is 18.9. The SMILES string of the molecule is CCC1(CC)C(C#N)=C(C)NC(C)=C1C#N. The molecule has 1 heterocycles. The second-order valence-corrected chi connectivity index (χ2v) is 4.14. The van der Waals surface area contributed by atoms with Gasteiger partial charge < -0.3 is 5.32 Å². The van der Waals surface area contributed by atoms with E-state index >= 15 is 0 Å². The van der Waals surface area contributed by atoms with Crippen molar-refractivity contribution in [1.29, 1.82) is 10.5 Å². The van der Waals surface area contributed by atoms with Crippen LogP contribution >= 0.6 is 0 Å². The van der Waals surface area contributed by atoms with E-state index in [4.69, 9.17) is 0 Å². The summed E-state index contributed by atoms with van der Waals surface area (Å²) in [5.74, 6) is 0. The van der Waals surface area contributed by atoms with Crippen LogP contribution in [0.5, 0.6) is 0 Å². The Hall–Kier alpha value is -1.74. The molecule has 0 saturated carbocycles. The van der Waals surface area contributed by atoms with Gasteiger partial charge in [-0.15, -0.1) is 0 Å². The summed E-state index contributed by atoms with van der Waals surface area (Å²) in [4.78, 5) is 0. The van der Waals surface area contributed by atoms with Crippen LogP contribution in [0.15, 0.2) is 22.5 Å². The van der Waals surface area contributed by atoms with Crippen LogP contribution < -0.4 is 5.32 Å². The zero-order chi connectivity index (χ0) is 12.3. The van der Waals surface area contributed by atoms with Crippen LogP contribution in [0.2, 0.25) is 0 Å². The highest BCUT2D eigenvalue weighted by Gasteiger charge is 2.40. The van der Waals surface area contributed by atoms with Gasteiger partial charge >= 0.3 is 0 Å². The van der Waals surface area contributed by atoms with Crippen LogP contribution in [0.3, 0.4) is 0 Å². The van der Waals surface area contributed by atoms with Crippen LogP contribution in [-0.2, 0) is 0 Å². The number of nitrogens with one attached hydrogen (secondary N) is 1. The zero-order valence-electron chi connectivity index (χ0n) is 10.3. The lowest BCUT2D eigenvalue weighted by Crippen LogP contribution is -2.34. The lowest BCUT2D eigenvalue weighted by molar-refractivity contribution is 0.399. The fourth-order valence-electron chi connectivity index (χ4n) is 2.59. The van der Waals surface area contributed by atoms with Crippen LogP contribution in [-0.4, -0.2) is 0 Å². The predicted octanol–water partition coefficient (Wildman–Crippen LogP) is 2.99. The third-order valence-electron chi connectivity index (χ3n) is 3.51. The van der Waals surface area contributed by atoms with E-state index in [2.05, 4.69) is 17.5 Å². The van der Waals surface area contributed by atoms with E-state index in [1.165, 1.54) is 0 Å². The molecule has 0 radical (unpaired) electrons. The summed E-state index contributed by atoms with van der Waals surface area (Å²) in [6.07, 6.45) is 1.57. The Bertz CT molecular complexity index is 399. The number of hydrogen-bond donors (Lipinski definition) is 1. The Morgan fingerprint density at radius 3 is 1.62 bits per heavy atom. The van der Waals surface area contributed by atoms with E-state index in [1.54, 1.807) is 0 Å². The van der Waals surface area contributed by atoms with Gasteiger partial charge in [-0.25, -0.2) is 0 Å². The standard InChI is InChI=1S/C13H17N3/c1-5-13(6-2)11(7-14)9(3)16-10(4)12(13)8-15/h16H,5-6H2,1-4H3. The van der Waals surface area contributed by atoms with Crippen molar-refractivity contribution in [2.45, 2.75) is 40.5 Å². The number of allylic oxidation sites excluding steroid dienone is 4. The van der Waals surface area contributed by atoms with Crippen LogP contribution in [0, 0.1) is 28.1 Å². The third-order valence-corrected chi connectivity index (χ3v) is 3.51. The van der Waals surface area contributed by atoms with Gasteiger partial charge in [0.1, 0.15) is 0 Å². The Balaban J connectivity index is 3.51. The van der Waals surface area contributed by atoms with Crippen molar-refractivity contribution >= 4 is 0 Å². The highest BCUT2D eigenvalue weighted by molar-refractivity contribution is 5.51. The summed E-state index contributed by atoms with van der Waals surface area (Å²) in [6, 6.07) is 4.53. The Morgan fingerprint density at radius 2 is 1.38 bits per heavy atom. The molecular weight excluding hydrogens is 198 g/mol. The fourth-order valence-corrected chi connectivity index (χ4v) is 2.59. The average molecular weight is 215 g/mol. The molecule has 1 rings (SSSR count). The second-order valence-electron chi connectivity index (χ2n) is 4.14. The summed E-state index contributed by atoms with van der Waals surface area (Å²) in [5.41, 5.74) is 2.79. The van der Waals surface area contributed by atoms with Gasteiger partial charge in [-0.3, -0.25) is 0 Å².